The topological polar surface area (TPSA) is 66.2 Å². The molecule has 4 aromatic carbocycles. The molecule has 0 fully saturated rings. The maximum Gasteiger partial charge on any atom is 0.196 e. The van der Waals surface area contributed by atoms with Crippen LogP contribution in [0, 0.1) is 0 Å². The Morgan fingerprint density at radius 1 is 0.829 bits per heavy atom. The highest BCUT2D eigenvalue weighted by Gasteiger charge is 2.17. The van der Waals surface area contributed by atoms with Gasteiger partial charge in [-0.2, -0.15) is 0 Å². The Morgan fingerprint density at radius 2 is 1.57 bits per heavy atom. The number of carbonyl (C=O) groups excluding carboxylic acids is 1. The molecule has 0 aliphatic rings. The van der Waals surface area contributed by atoms with Crippen LogP contribution in [0.25, 0.3) is 16.5 Å². The SMILES string of the molecule is COc1ccc(-n2c(COc3ccccc3)nnc2SCC(=O)c2ccc3ccccc3c2)cc1. The van der Waals surface area contributed by atoms with Gasteiger partial charge in [0.05, 0.1) is 12.9 Å². The molecule has 1 aromatic heterocycles. The van der Waals surface area contributed by atoms with Crippen LogP contribution in [0.15, 0.2) is 102 Å². The number of methoxy groups -OCH3 is 1. The molecule has 0 spiro atoms. The van der Waals surface area contributed by atoms with Crippen LogP contribution in [0.1, 0.15) is 16.2 Å². The minimum atomic E-state index is 0.0344. The van der Waals surface area contributed by atoms with E-state index in [-0.39, 0.29) is 18.1 Å². The third-order valence-corrected chi connectivity index (χ3v) is 6.47. The van der Waals surface area contributed by atoms with Crippen molar-refractivity contribution in [1.82, 2.24) is 14.8 Å². The van der Waals surface area contributed by atoms with Crippen molar-refractivity contribution in [2.75, 3.05) is 12.9 Å². The second kappa shape index (κ2) is 10.4. The minimum absolute atomic E-state index is 0.0344. The van der Waals surface area contributed by atoms with Crippen molar-refractivity contribution in [2.24, 2.45) is 0 Å². The second-order valence-electron chi connectivity index (χ2n) is 7.81. The molecule has 7 heteroatoms. The number of fused-ring (bicyclic) bond motifs is 1. The second-order valence-corrected chi connectivity index (χ2v) is 8.75. The van der Waals surface area contributed by atoms with E-state index in [0.717, 1.165) is 28.0 Å². The number of benzene rings is 4. The lowest BCUT2D eigenvalue weighted by Crippen LogP contribution is -2.08. The van der Waals surface area contributed by atoms with Crippen molar-refractivity contribution in [3.05, 3.63) is 108 Å². The summed E-state index contributed by atoms with van der Waals surface area (Å²) in [6.07, 6.45) is 0. The lowest BCUT2D eigenvalue weighted by Gasteiger charge is -2.12. The van der Waals surface area contributed by atoms with Crippen molar-refractivity contribution in [3.63, 3.8) is 0 Å². The van der Waals surface area contributed by atoms with Crippen molar-refractivity contribution >= 4 is 28.3 Å². The monoisotopic (exact) mass is 481 g/mol. The number of thioether (sulfide) groups is 1. The highest BCUT2D eigenvalue weighted by Crippen LogP contribution is 2.26. The Bertz CT molecular complexity index is 1450. The van der Waals surface area contributed by atoms with Gasteiger partial charge in [-0.3, -0.25) is 9.36 Å². The van der Waals surface area contributed by atoms with Crippen LogP contribution >= 0.6 is 11.8 Å². The lowest BCUT2D eigenvalue weighted by molar-refractivity contribution is 0.102. The predicted octanol–water partition coefficient (Wildman–Crippen LogP) is 5.98. The molecule has 0 atom stereocenters. The number of ketones is 1. The summed E-state index contributed by atoms with van der Waals surface area (Å²) >= 11 is 1.36. The molecule has 0 saturated carbocycles. The quantitative estimate of drug-likeness (QED) is 0.191. The van der Waals surface area contributed by atoms with Crippen LogP contribution < -0.4 is 9.47 Å². The molecule has 0 bridgehead atoms. The fourth-order valence-electron chi connectivity index (χ4n) is 3.72. The van der Waals surface area contributed by atoms with E-state index in [9.17, 15) is 4.79 Å². The Kier molecular flexibility index (Phi) is 6.77. The van der Waals surface area contributed by atoms with Crippen LogP contribution in [0.4, 0.5) is 0 Å². The van der Waals surface area contributed by atoms with Gasteiger partial charge in [-0.25, -0.2) is 0 Å². The van der Waals surface area contributed by atoms with Crippen molar-refractivity contribution < 1.29 is 14.3 Å². The predicted molar refractivity (Wildman–Crippen MR) is 138 cm³/mol. The molecular formula is C28H23N3O3S. The van der Waals surface area contributed by atoms with Crippen molar-refractivity contribution in [3.8, 4) is 17.2 Å². The van der Waals surface area contributed by atoms with E-state index in [1.807, 2.05) is 102 Å². The van der Waals surface area contributed by atoms with E-state index in [1.165, 1.54) is 11.8 Å². The van der Waals surface area contributed by atoms with E-state index in [1.54, 1.807) is 7.11 Å². The van der Waals surface area contributed by atoms with Gasteiger partial charge in [-0.05, 0) is 53.2 Å². The van der Waals surface area contributed by atoms with Gasteiger partial charge >= 0.3 is 0 Å². The number of aromatic nitrogens is 3. The standard InChI is InChI=1S/C28H23N3O3S/c1-33-24-15-13-23(14-16-24)31-27(18-34-25-9-3-2-4-10-25)29-30-28(31)35-19-26(32)22-12-11-20-7-5-6-8-21(20)17-22/h2-17H,18-19H2,1H3. The highest BCUT2D eigenvalue weighted by atomic mass is 32.2. The van der Waals surface area contributed by atoms with Gasteiger partial charge in [0.2, 0.25) is 0 Å². The summed E-state index contributed by atoms with van der Waals surface area (Å²) in [5.41, 5.74) is 1.54. The first-order chi connectivity index (χ1) is 17.2. The molecule has 0 N–H and O–H groups in total. The lowest BCUT2D eigenvalue weighted by atomic mass is 10.1. The molecule has 5 aromatic rings. The van der Waals surface area contributed by atoms with E-state index in [4.69, 9.17) is 9.47 Å². The molecule has 1 heterocycles. The van der Waals surface area contributed by atoms with Gasteiger partial charge in [-0.15, -0.1) is 10.2 Å². The fraction of sp³-hybridized carbons (Fsp3) is 0.107. The smallest absolute Gasteiger partial charge is 0.196 e. The van der Waals surface area contributed by atoms with Gasteiger partial charge in [0.25, 0.3) is 0 Å². The summed E-state index contributed by atoms with van der Waals surface area (Å²) in [5, 5.41) is 11.5. The van der Waals surface area contributed by atoms with Crippen LogP contribution in [-0.2, 0) is 6.61 Å². The first kappa shape index (κ1) is 22.7. The van der Waals surface area contributed by atoms with Gasteiger partial charge in [0, 0.05) is 11.3 Å². The van der Waals surface area contributed by atoms with Crippen molar-refractivity contribution in [2.45, 2.75) is 11.8 Å². The summed E-state index contributed by atoms with van der Waals surface area (Å²) in [6, 6.07) is 31.0. The van der Waals surface area contributed by atoms with E-state index in [0.29, 0.717) is 16.5 Å². The molecular weight excluding hydrogens is 458 g/mol. The molecule has 0 aliphatic carbocycles. The van der Waals surface area contributed by atoms with Gasteiger partial charge in [-0.1, -0.05) is 66.4 Å². The maximum atomic E-state index is 13.0. The maximum absolute atomic E-state index is 13.0. The number of hydrogen-bond acceptors (Lipinski definition) is 6. The van der Waals surface area contributed by atoms with Gasteiger partial charge in [0.15, 0.2) is 16.8 Å². The van der Waals surface area contributed by atoms with Crippen LogP contribution in [-0.4, -0.2) is 33.4 Å². The summed E-state index contributed by atoms with van der Waals surface area (Å²) in [6.45, 7) is 0.238. The summed E-state index contributed by atoms with van der Waals surface area (Å²) in [7, 11) is 1.63. The average molecular weight is 482 g/mol. The zero-order valence-corrected chi connectivity index (χ0v) is 19.9. The Hall–Kier alpha value is -4.10. The molecule has 0 amide bonds. The number of carbonyl (C=O) groups is 1. The number of nitrogens with zero attached hydrogens (tertiary/aromatic N) is 3. The number of ether oxygens (including phenoxy) is 2. The molecule has 0 aliphatic heterocycles. The zero-order chi connectivity index (χ0) is 24.0. The molecule has 0 unspecified atom stereocenters. The number of hydrogen-bond donors (Lipinski definition) is 0. The molecule has 6 nitrogen and oxygen atoms in total. The zero-order valence-electron chi connectivity index (χ0n) is 19.1. The third-order valence-electron chi connectivity index (χ3n) is 5.55. The summed E-state index contributed by atoms with van der Waals surface area (Å²) in [4.78, 5) is 13.0. The largest absolute Gasteiger partial charge is 0.497 e. The Labute approximate surface area is 207 Å². The van der Waals surface area contributed by atoms with E-state index in [2.05, 4.69) is 10.2 Å². The third kappa shape index (κ3) is 5.20. The number of Topliss-reactive ketones (excluding diaryl/α,β-unsaturated/α-hetero) is 1. The van der Waals surface area contributed by atoms with Crippen LogP contribution in [0.5, 0.6) is 11.5 Å². The summed E-state index contributed by atoms with van der Waals surface area (Å²) < 4.78 is 13.1. The molecule has 35 heavy (non-hydrogen) atoms. The van der Waals surface area contributed by atoms with Crippen LogP contribution in [0.2, 0.25) is 0 Å². The molecule has 0 radical (unpaired) electrons. The van der Waals surface area contributed by atoms with Gasteiger partial charge in [0.1, 0.15) is 18.1 Å². The fourth-order valence-corrected chi connectivity index (χ4v) is 4.58. The van der Waals surface area contributed by atoms with E-state index < -0.39 is 0 Å². The Morgan fingerprint density at radius 3 is 2.34 bits per heavy atom. The molecule has 174 valence electrons. The first-order valence-electron chi connectivity index (χ1n) is 11.1. The summed E-state index contributed by atoms with van der Waals surface area (Å²) in [5.74, 6) is 2.42. The van der Waals surface area contributed by atoms with Crippen molar-refractivity contribution in [1.29, 1.82) is 0 Å². The normalized spacial score (nSPS) is 10.9. The molecule has 0 saturated heterocycles. The Balaban J connectivity index is 1.38. The minimum Gasteiger partial charge on any atom is -0.497 e. The van der Waals surface area contributed by atoms with Crippen LogP contribution in [0.3, 0.4) is 0 Å². The number of rotatable bonds is 9. The first-order valence-corrected chi connectivity index (χ1v) is 12.1. The van der Waals surface area contributed by atoms with Gasteiger partial charge < -0.3 is 9.47 Å². The number of para-hydroxylation sites is 1. The van der Waals surface area contributed by atoms with E-state index >= 15 is 0 Å². The highest BCUT2D eigenvalue weighted by molar-refractivity contribution is 7.99. The molecule has 5 rings (SSSR count). The average Bonchev–Trinajstić information content (AvgIpc) is 3.33.